The molecule has 4 N–H and O–H groups in total. The van der Waals surface area contributed by atoms with Crippen molar-refractivity contribution >= 4 is 24.0 Å². The Labute approximate surface area is 336 Å². The maximum Gasteiger partial charge on any atom is 0.407 e. The van der Waals surface area contributed by atoms with Crippen LogP contribution in [0.15, 0.2) is 91.3 Å². The van der Waals surface area contributed by atoms with Gasteiger partial charge in [0.25, 0.3) is 5.91 Å². The first-order valence-electron chi connectivity index (χ1n) is 19.9. The van der Waals surface area contributed by atoms with Gasteiger partial charge in [0, 0.05) is 31.6 Å². The van der Waals surface area contributed by atoms with E-state index in [4.69, 9.17) is 14.7 Å². The normalized spacial score (nSPS) is 19.5. The topological polar surface area (TPSA) is 177 Å². The molecule has 8 rings (SSSR count). The van der Waals surface area contributed by atoms with E-state index in [9.17, 15) is 24.3 Å². The molecule has 0 unspecified atom stereocenters. The van der Waals surface area contributed by atoms with Gasteiger partial charge in [-0.1, -0.05) is 85.8 Å². The molecule has 4 amide bonds. The van der Waals surface area contributed by atoms with Crippen molar-refractivity contribution in [1.82, 2.24) is 40.0 Å². The minimum absolute atomic E-state index is 0.0809. The maximum atomic E-state index is 13.9. The summed E-state index contributed by atoms with van der Waals surface area (Å²) in [6.07, 6.45) is 6.35. The number of benzene rings is 3. The number of aromatic nitrogens is 4. The van der Waals surface area contributed by atoms with E-state index in [1.54, 1.807) is 11.1 Å². The molecule has 3 aliphatic heterocycles. The largest absolute Gasteiger partial charge is 0.465 e. The lowest BCUT2D eigenvalue weighted by Gasteiger charge is -2.40. The number of methoxy groups -OCH3 is 1. The van der Waals surface area contributed by atoms with Crippen molar-refractivity contribution in [3.05, 3.63) is 108 Å². The molecule has 3 atom stereocenters. The van der Waals surface area contributed by atoms with Gasteiger partial charge < -0.3 is 39.8 Å². The number of rotatable bonds is 9. The Morgan fingerprint density at radius 1 is 0.741 bits per heavy atom. The summed E-state index contributed by atoms with van der Waals surface area (Å²) in [5.74, 6) is 1.34. The van der Waals surface area contributed by atoms with Crippen LogP contribution in [0.2, 0.25) is 0 Å². The van der Waals surface area contributed by atoms with Crippen LogP contribution in [0.1, 0.15) is 80.8 Å². The predicted molar refractivity (Wildman–Crippen MR) is 216 cm³/mol. The van der Waals surface area contributed by atoms with Gasteiger partial charge in [-0.05, 0) is 66.3 Å². The van der Waals surface area contributed by atoms with Crippen LogP contribution in [0, 0.1) is 5.41 Å². The molecule has 3 fully saturated rings. The van der Waals surface area contributed by atoms with Gasteiger partial charge in [0.05, 0.1) is 43.0 Å². The number of aromatic amines is 2. The van der Waals surface area contributed by atoms with Crippen molar-refractivity contribution in [3.63, 3.8) is 0 Å². The van der Waals surface area contributed by atoms with E-state index in [2.05, 4.69) is 63.8 Å². The van der Waals surface area contributed by atoms with Crippen LogP contribution in [0.4, 0.5) is 9.59 Å². The van der Waals surface area contributed by atoms with Crippen LogP contribution in [0.25, 0.3) is 33.6 Å². The maximum absolute atomic E-state index is 13.9. The Hall–Kier alpha value is -6.44. The molecular weight excluding hydrogens is 737 g/mol. The number of carbonyl (C=O) groups excluding carboxylic acids is 3. The molecule has 14 heteroatoms. The van der Waals surface area contributed by atoms with E-state index < -0.39 is 23.6 Å². The molecule has 5 heterocycles. The summed E-state index contributed by atoms with van der Waals surface area (Å²) in [6.45, 7) is 3.92. The van der Waals surface area contributed by atoms with E-state index in [0.29, 0.717) is 50.4 Å². The average Bonchev–Trinajstić information content (AvgIpc) is 4.10. The van der Waals surface area contributed by atoms with Crippen molar-refractivity contribution in [2.45, 2.75) is 63.6 Å². The first kappa shape index (κ1) is 38.4. The molecule has 14 nitrogen and oxygen atoms in total. The van der Waals surface area contributed by atoms with Gasteiger partial charge in [0.15, 0.2) is 0 Å². The molecule has 300 valence electrons. The Kier molecular flexibility index (Phi) is 10.7. The number of nitrogens with one attached hydrogen (secondary N) is 3. The first-order chi connectivity index (χ1) is 28.1. The number of carbonyl (C=O) groups is 4. The van der Waals surface area contributed by atoms with Crippen LogP contribution in [0.3, 0.4) is 0 Å². The highest BCUT2D eigenvalue weighted by Crippen LogP contribution is 2.40. The zero-order valence-corrected chi connectivity index (χ0v) is 32.7. The predicted octanol–water partition coefficient (Wildman–Crippen LogP) is 7.34. The molecule has 58 heavy (non-hydrogen) atoms. The summed E-state index contributed by atoms with van der Waals surface area (Å²) in [7, 11) is 1.28. The van der Waals surface area contributed by atoms with Gasteiger partial charge in [-0.15, -0.1) is 0 Å². The molecule has 0 bridgehead atoms. The van der Waals surface area contributed by atoms with Crippen molar-refractivity contribution in [2.24, 2.45) is 5.41 Å². The zero-order chi connectivity index (χ0) is 40.4. The highest BCUT2D eigenvalue weighted by Gasteiger charge is 2.44. The van der Waals surface area contributed by atoms with Crippen molar-refractivity contribution in [3.8, 4) is 33.6 Å². The van der Waals surface area contributed by atoms with Crippen molar-refractivity contribution in [2.75, 3.05) is 33.3 Å². The standard InChI is InChI=1S/C44H48N8O6/c1-44(20-24-50(25-21-44)43(56)57)41(54)52-23-7-11-36(52)39-46-27-34(48-39)31-18-14-29(15-19-31)28-12-16-30(17-13-28)33-26-45-38(47-33)35-10-6-22-51(35)40(53)37(49-42(55)58-2)32-8-4-3-5-9-32/h3-5,8-9,12-19,26-27,35-37H,6-7,10-11,20-25H2,1-2H3,(H,45,47)(H,46,48)(H,49,55)(H,56,57)/t35-,36-,37+/m0/s1. The van der Waals surface area contributed by atoms with Crippen molar-refractivity contribution in [1.29, 1.82) is 0 Å². The second kappa shape index (κ2) is 16.2. The molecule has 5 aromatic rings. The summed E-state index contributed by atoms with van der Waals surface area (Å²) < 4.78 is 4.82. The van der Waals surface area contributed by atoms with Crippen LogP contribution < -0.4 is 5.32 Å². The third-order valence-electron chi connectivity index (χ3n) is 12.1. The van der Waals surface area contributed by atoms with Crippen molar-refractivity contribution < 1.29 is 29.0 Å². The summed E-state index contributed by atoms with van der Waals surface area (Å²) >= 11 is 0. The molecule has 3 saturated heterocycles. The highest BCUT2D eigenvalue weighted by atomic mass is 16.5. The van der Waals surface area contributed by atoms with E-state index in [0.717, 1.165) is 65.1 Å². The summed E-state index contributed by atoms with van der Waals surface area (Å²) in [4.78, 5) is 72.8. The number of ether oxygens (including phenoxy) is 1. The lowest BCUT2D eigenvalue weighted by molar-refractivity contribution is -0.145. The second-order valence-electron chi connectivity index (χ2n) is 15.7. The van der Waals surface area contributed by atoms with Crippen LogP contribution in [-0.4, -0.2) is 97.0 Å². The van der Waals surface area contributed by atoms with E-state index in [1.807, 2.05) is 48.4 Å². The van der Waals surface area contributed by atoms with E-state index in [-0.39, 0.29) is 23.9 Å². The third-order valence-corrected chi connectivity index (χ3v) is 12.1. The van der Waals surface area contributed by atoms with Crippen LogP contribution >= 0.6 is 0 Å². The van der Waals surface area contributed by atoms with Gasteiger partial charge >= 0.3 is 12.2 Å². The zero-order valence-electron chi connectivity index (χ0n) is 32.7. The number of nitrogens with zero attached hydrogens (tertiary/aromatic N) is 5. The number of carboxylic acid groups (broad SMARTS) is 1. The molecule has 3 aromatic carbocycles. The quantitative estimate of drug-likeness (QED) is 0.120. The molecule has 3 aliphatic rings. The number of likely N-dealkylation sites (tertiary alicyclic amines) is 3. The molecule has 0 radical (unpaired) electrons. The second-order valence-corrected chi connectivity index (χ2v) is 15.7. The molecule has 0 spiro atoms. The van der Waals surface area contributed by atoms with Gasteiger partial charge in [-0.25, -0.2) is 19.6 Å². The summed E-state index contributed by atoms with van der Waals surface area (Å²) in [5.41, 5.74) is 5.89. The smallest absolute Gasteiger partial charge is 0.407 e. The molecule has 0 saturated carbocycles. The minimum Gasteiger partial charge on any atom is -0.465 e. The van der Waals surface area contributed by atoms with E-state index in [1.165, 1.54) is 12.0 Å². The lowest BCUT2D eigenvalue weighted by Crippen LogP contribution is -2.49. The number of hydrogen-bond donors (Lipinski definition) is 4. The lowest BCUT2D eigenvalue weighted by atomic mass is 9.79. The van der Waals surface area contributed by atoms with Crippen LogP contribution in [0.5, 0.6) is 0 Å². The van der Waals surface area contributed by atoms with Gasteiger partial charge in [0.1, 0.15) is 17.7 Å². The molecular formula is C44H48N8O6. The Balaban J connectivity index is 0.914. The highest BCUT2D eigenvalue weighted by molar-refractivity contribution is 5.87. The minimum atomic E-state index is -0.932. The summed E-state index contributed by atoms with van der Waals surface area (Å²) in [5, 5.41) is 12.1. The SMILES string of the molecule is COC(=O)N[C@@H](C(=O)N1CCC[C@H]1c1ncc(-c2ccc(-c3ccc(-c4cnc([C@@H]5CCCN5C(=O)C5(C)CCN(C(=O)O)CC5)[nH]4)cc3)cc2)[nH]1)c1ccccc1. The van der Waals surface area contributed by atoms with Gasteiger partial charge in [0.2, 0.25) is 5.91 Å². The molecule has 0 aliphatic carbocycles. The fourth-order valence-corrected chi connectivity index (χ4v) is 8.63. The Bertz CT molecular complexity index is 2260. The Morgan fingerprint density at radius 2 is 1.24 bits per heavy atom. The average molecular weight is 785 g/mol. The van der Waals surface area contributed by atoms with Gasteiger partial charge in [-0.2, -0.15) is 0 Å². The fraction of sp³-hybridized carbons (Fsp3) is 0.364. The number of alkyl carbamates (subject to hydrolysis) is 1. The summed E-state index contributed by atoms with van der Waals surface area (Å²) in [6, 6.07) is 24.4. The monoisotopic (exact) mass is 784 g/mol. The number of amides is 4. The number of imidazole rings is 2. The fourth-order valence-electron chi connectivity index (χ4n) is 8.63. The Morgan fingerprint density at radius 3 is 1.76 bits per heavy atom. The number of piperidine rings is 1. The number of hydrogen-bond acceptors (Lipinski definition) is 7. The van der Waals surface area contributed by atoms with Crippen LogP contribution in [-0.2, 0) is 14.3 Å². The first-order valence-corrected chi connectivity index (χ1v) is 19.9. The number of H-pyrrole nitrogens is 2. The van der Waals surface area contributed by atoms with E-state index >= 15 is 0 Å². The van der Waals surface area contributed by atoms with Gasteiger partial charge in [-0.3, -0.25) is 9.59 Å². The third kappa shape index (κ3) is 7.65. The molecule has 2 aromatic heterocycles.